The van der Waals surface area contributed by atoms with Gasteiger partial charge < -0.3 is 5.11 Å². The standard InChI is InChI=1S/C10H18F2O/c1-2-3-8-4-6-10(13,7-5-8)9(11)12/h8-9,13H,2-7H2,1H3. The highest BCUT2D eigenvalue weighted by Gasteiger charge is 2.40. The van der Waals surface area contributed by atoms with Gasteiger partial charge in [-0.05, 0) is 31.6 Å². The largest absolute Gasteiger partial charge is 0.384 e. The highest BCUT2D eigenvalue weighted by Crippen LogP contribution is 2.37. The van der Waals surface area contributed by atoms with Crippen molar-refractivity contribution in [3.63, 3.8) is 0 Å². The SMILES string of the molecule is CCCC1CCC(O)(C(F)F)CC1. The van der Waals surface area contributed by atoms with E-state index in [1.807, 2.05) is 0 Å². The Morgan fingerprint density at radius 2 is 1.92 bits per heavy atom. The molecule has 0 aromatic heterocycles. The normalized spacial score (nSPS) is 35.3. The van der Waals surface area contributed by atoms with Crippen molar-refractivity contribution in [2.45, 2.75) is 57.5 Å². The Hall–Kier alpha value is -0.180. The highest BCUT2D eigenvalue weighted by atomic mass is 19.3. The van der Waals surface area contributed by atoms with Gasteiger partial charge in [-0.2, -0.15) is 0 Å². The van der Waals surface area contributed by atoms with E-state index < -0.39 is 12.0 Å². The predicted octanol–water partition coefficient (Wildman–Crippen LogP) is 2.97. The van der Waals surface area contributed by atoms with Crippen molar-refractivity contribution in [3.8, 4) is 0 Å². The molecule has 0 atom stereocenters. The van der Waals surface area contributed by atoms with Crippen molar-refractivity contribution in [1.29, 1.82) is 0 Å². The third-order valence-electron chi connectivity index (χ3n) is 3.07. The van der Waals surface area contributed by atoms with Crippen LogP contribution in [0.3, 0.4) is 0 Å². The van der Waals surface area contributed by atoms with Gasteiger partial charge in [-0.25, -0.2) is 8.78 Å². The van der Waals surface area contributed by atoms with E-state index in [-0.39, 0.29) is 12.8 Å². The van der Waals surface area contributed by atoms with Crippen molar-refractivity contribution in [3.05, 3.63) is 0 Å². The lowest BCUT2D eigenvalue weighted by atomic mass is 9.77. The van der Waals surface area contributed by atoms with Crippen LogP contribution in [-0.4, -0.2) is 17.1 Å². The molecule has 0 spiro atoms. The van der Waals surface area contributed by atoms with Crippen LogP contribution in [0.4, 0.5) is 8.78 Å². The van der Waals surface area contributed by atoms with E-state index >= 15 is 0 Å². The third-order valence-corrected chi connectivity index (χ3v) is 3.07. The molecule has 0 saturated heterocycles. The summed E-state index contributed by atoms with van der Waals surface area (Å²) in [5.41, 5.74) is -1.68. The summed E-state index contributed by atoms with van der Waals surface area (Å²) in [6.45, 7) is 2.11. The number of hydrogen-bond acceptors (Lipinski definition) is 1. The lowest BCUT2D eigenvalue weighted by Gasteiger charge is -2.35. The van der Waals surface area contributed by atoms with E-state index in [4.69, 9.17) is 0 Å². The summed E-state index contributed by atoms with van der Waals surface area (Å²) < 4.78 is 24.7. The minimum absolute atomic E-state index is 0.273. The van der Waals surface area contributed by atoms with Crippen LogP contribution in [0, 0.1) is 5.92 Å². The monoisotopic (exact) mass is 192 g/mol. The zero-order valence-corrected chi connectivity index (χ0v) is 8.10. The van der Waals surface area contributed by atoms with Gasteiger partial charge in [-0.15, -0.1) is 0 Å². The molecule has 0 aromatic rings. The first-order valence-corrected chi connectivity index (χ1v) is 5.09. The van der Waals surface area contributed by atoms with Gasteiger partial charge in [-0.3, -0.25) is 0 Å². The summed E-state index contributed by atoms with van der Waals surface area (Å²) in [4.78, 5) is 0. The Morgan fingerprint density at radius 1 is 1.38 bits per heavy atom. The molecular weight excluding hydrogens is 174 g/mol. The lowest BCUT2D eigenvalue weighted by Crippen LogP contribution is -2.40. The van der Waals surface area contributed by atoms with Crippen molar-refractivity contribution in [1.82, 2.24) is 0 Å². The second-order valence-corrected chi connectivity index (χ2v) is 4.14. The van der Waals surface area contributed by atoms with Crippen LogP contribution in [0.25, 0.3) is 0 Å². The first-order valence-electron chi connectivity index (χ1n) is 5.09. The highest BCUT2D eigenvalue weighted by molar-refractivity contribution is 4.87. The van der Waals surface area contributed by atoms with Crippen LogP contribution in [-0.2, 0) is 0 Å². The minimum Gasteiger partial charge on any atom is -0.384 e. The maximum atomic E-state index is 12.4. The molecule has 13 heavy (non-hydrogen) atoms. The summed E-state index contributed by atoms with van der Waals surface area (Å²) in [5.74, 6) is 0.559. The van der Waals surface area contributed by atoms with Crippen molar-refractivity contribution >= 4 is 0 Å². The Kier molecular flexibility index (Phi) is 3.65. The summed E-state index contributed by atoms with van der Waals surface area (Å²) >= 11 is 0. The number of halogens is 2. The van der Waals surface area contributed by atoms with Crippen LogP contribution >= 0.6 is 0 Å². The summed E-state index contributed by atoms with van der Waals surface area (Å²) in [6, 6.07) is 0. The third kappa shape index (κ3) is 2.63. The van der Waals surface area contributed by atoms with Gasteiger partial charge >= 0.3 is 0 Å². The van der Waals surface area contributed by atoms with Crippen LogP contribution in [0.1, 0.15) is 45.4 Å². The molecule has 1 nitrogen and oxygen atoms in total. The van der Waals surface area contributed by atoms with Gasteiger partial charge in [0, 0.05) is 0 Å². The number of hydrogen-bond donors (Lipinski definition) is 1. The summed E-state index contributed by atoms with van der Waals surface area (Å²) in [5, 5.41) is 9.48. The molecule has 1 rings (SSSR count). The van der Waals surface area contributed by atoms with Crippen LogP contribution in [0.5, 0.6) is 0 Å². The fourth-order valence-electron chi connectivity index (χ4n) is 2.09. The zero-order chi connectivity index (χ0) is 9.90. The topological polar surface area (TPSA) is 20.2 Å². The van der Waals surface area contributed by atoms with Crippen LogP contribution in [0.15, 0.2) is 0 Å². The van der Waals surface area contributed by atoms with Gasteiger partial charge in [0.15, 0.2) is 0 Å². The molecule has 78 valence electrons. The number of aliphatic hydroxyl groups is 1. The first-order chi connectivity index (χ1) is 6.08. The van der Waals surface area contributed by atoms with Crippen molar-refractivity contribution in [2.75, 3.05) is 0 Å². The molecule has 1 N–H and O–H groups in total. The Labute approximate surface area is 78.1 Å². The maximum Gasteiger partial charge on any atom is 0.266 e. The average Bonchev–Trinajstić information content (AvgIpc) is 2.09. The predicted molar refractivity (Wildman–Crippen MR) is 47.8 cm³/mol. The second kappa shape index (κ2) is 4.36. The molecule has 1 aliphatic rings. The van der Waals surface area contributed by atoms with E-state index in [2.05, 4.69) is 6.92 Å². The van der Waals surface area contributed by atoms with Gasteiger partial charge in [0.1, 0.15) is 5.60 Å². The lowest BCUT2D eigenvalue weighted by molar-refractivity contribution is -0.122. The fourth-order valence-corrected chi connectivity index (χ4v) is 2.09. The average molecular weight is 192 g/mol. The van der Waals surface area contributed by atoms with Crippen LogP contribution in [0.2, 0.25) is 0 Å². The fraction of sp³-hybridized carbons (Fsp3) is 1.00. The molecule has 3 heteroatoms. The molecule has 0 amide bonds. The first kappa shape index (κ1) is 10.9. The molecule has 1 saturated carbocycles. The Balaban J connectivity index is 2.37. The number of rotatable bonds is 3. The van der Waals surface area contributed by atoms with E-state index in [9.17, 15) is 13.9 Å². The molecule has 0 bridgehead atoms. The second-order valence-electron chi connectivity index (χ2n) is 4.14. The zero-order valence-electron chi connectivity index (χ0n) is 8.10. The summed E-state index contributed by atoms with van der Waals surface area (Å²) in [6.07, 6.45) is 1.71. The molecular formula is C10H18F2O. The Morgan fingerprint density at radius 3 is 2.31 bits per heavy atom. The van der Waals surface area contributed by atoms with Gasteiger partial charge in [0.2, 0.25) is 0 Å². The molecule has 0 radical (unpaired) electrons. The smallest absolute Gasteiger partial charge is 0.266 e. The molecule has 0 aliphatic heterocycles. The molecule has 1 aliphatic carbocycles. The van der Waals surface area contributed by atoms with E-state index in [0.717, 1.165) is 25.7 Å². The van der Waals surface area contributed by atoms with Crippen LogP contribution < -0.4 is 0 Å². The minimum atomic E-state index is -2.57. The van der Waals surface area contributed by atoms with E-state index in [0.29, 0.717) is 5.92 Å². The van der Waals surface area contributed by atoms with Crippen molar-refractivity contribution < 1.29 is 13.9 Å². The van der Waals surface area contributed by atoms with E-state index in [1.165, 1.54) is 0 Å². The molecule has 0 heterocycles. The molecule has 0 unspecified atom stereocenters. The quantitative estimate of drug-likeness (QED) is 0.728. The van der Waals surface area contributed by atoms with Gasteiger partial charge in [0.25, 0.3) is 6.43 Å². The van der Waals surface area contributed by atoms with Gasteiger partial charge in [0.05, 0.1) is 0 Å². The van der Waals surface area contributed by atoms with Gasteiger partial charge in [-0.1, -0.05) is 19.8 Å². The maximum absolute atomic E-state index is 12.4. The molecule has 1 fully saturated rings. The van der Waals surface area contributed by atoms with E-state index in [1.54, 1.807) is 0 Å². The summed E-state index contributed by atoms with van der Waals surface area (Å²) in [7, 11) is 0. The number of alkyl halides is 2. The Bertz CT molecular complexity index is 151. The molecule has 0 aromatic carbocycles. The van der Waals surface area contributed by atoms with Crippen molar-refractivity contribution in [2.24, 2.45) is 5.92 Å².